The van der Waals surface area contributed by atoms with Crippen LogP contribution in [0.25, 0.3) is 0 Å². The predicted octanol–water partition coefficient (Wildman–Crippen LogP) is -1.16. The molecule has 14 heavy (non-hydrogen) atoms. The van der Waals surface area contributed by atoms with Gasteiger partial charge in [-0.25, -0.2) is 0 Å². The second-order valence-electron chi connectivity index (χ2n) is 2.61. The summed E-state index contributed by atoms with van der Waals surface area (Å²) in [5.74, 6) is 10.6. The molecule has 0 radical (unpaired) electrons. The lowest BCUT2D eigenvalue weighted by molar-refractivity contribution is 1.22. The third-order valence-electron chi connectivity index (χ3n) is 1.75. The number of hydrogen-bond acceptors (Lipinski definition) is 4. The number of benzene rings is 1. The Bertz CT molecular complexity index is 327. The Kier molecular flexibility index (Phi) is 2.90. The maximum absolute atomic E-state index is 5.49. The zero-order valence-electron chi connectivity index (χ0n) is 7.51. The molecular formula is C8H12N6. The van der Waals surface area contributed by atoms with E-state index in [0.29, 0.717) is 0 Å². The fraction of sp³-hybridized carbons (Fsp3) is 0. The van der Waals surface area contributed by atoms with E-state index in [4.69, 9.17) is 23.2 Å². The molecule has 0 saturated heterocycles. The van der Waals surface area contributed by atoms with Crippen LogP contribution in [-0.4, -0.2) is 11.7 Å². The van der Waals surface area contributed by atoms with E-state index in [9.17, 15) is 0 Å². The van der Waals surface area contributed by atoms with Crippen molar-refractivity contribution in [2.45, 2.75) is 0 Å². The van der Waals surface area contributed by atoms with Gasteiger partial charge in [0.15, 0.2) is 0 Å². The predicted molar refractivity (Wildman–Crippen MR) is 56.3 cm³/mol. The molecule has 0 aliphatic rings. The van der Waals surface area contributed by atoms with Crippen molar-refractivity contribution in [3.05, 3.63) is 35.4 Å². The van der Waals surface area contributed by atoms with Gasteiger partial charge in [-0.3, -0.25) is 0 Å². The lowest BCUT2D eigenvalue weighted by Gasteiger charge is -2.01. The maximum atomic E-state index is 5.49. The summed E-state index contributed by atoms with van der Waals surface area (Å²) in [5.41, 5.74) is 12.4. The molecule has 0 aliphatic heterocycles. The Hall–Kier alpha value is -2.24. The molecule has 0 aliphatic carbocycles. The molecule has 0 unspecified atom stereocenters. The van der Waals surface area contributed by atoms with Crippen LogP contribution >= 0.6 is 0 Å². The van der Waals surface area contributed by atoms with Crippen molar-refractivity contribution in [3.8, 4) is 0 Å². The average Bonchev–Trinajstić information content (AvgIpc) is 2.27. The van der Waals surface area contributed by atoms with Crippen molar-refractivity contribution >= 4 is 11.7 Å². The molecule has 0 heterocycles. The third kappa shape index (κ3) is 1.92. The van der Waals surface area contributed by atoms with Crippen LogP contribution in [0.5, 0.6) is 0 Å². The molecule has 8 N–H and O–H groups in total. The summed E-state index contributed by atoms with van der Waals surface area (Å²) in [6.45, 7) is 0. The smallest absolute Gasteiger partial charge is 0.150 e. The van der Waals surface area contributed by atoms with E-state index >= 15 is 0 Å². The monoisotopic (exact) mass is 192 g/mol. The fourth-order valence-electron chi connectivity index (χ4n) is 0.961. The van der Waals surface area contributed by atoms with Crippen LogP contribution < -0.4 is 23.2 Å². The van der Waals surface area contributed by atoms with Gasteiger partial charge in [-0.05, 0) is 0 Å². The van der Waals surface area contributed by atoms with Crippen LogP contribution in [0.15, 0.2) is 34.5 Å². The van der Waals surface area contributed by atoms with Crippen LogP contribution in [0.4, 0.5) is 0 Å². The van der Waals surface area contributed by atoms with Crippen molar-refractivity contribution in [1.29, 1.82) is 0 Å². The molecule has 74 valence electrons. The first-order chi connectivity index (χ1) is 6.69. The summed E-state index contributed by atoms with van der Waals surface area (Å²) >= 11 is 0. The third-order valence-corrected chi connectivity index (χ3v) is 1.75. The van der Waals surface area contributed by atoms with Crippen molar-refractivity contribution in [2.75, 3.05) is 0 Å². The van der Waals surface area contributed by atoms with Crippen molar-refractivity contribution in [3.63, 3.8) is 0 Å². The SMILES string of the molecule is N/N=C(\N)c1ccc(/C(N)=N/N)cc1. The average molecular weight is 192 g/mol. The highest BCUT2D eigenvalue weighted by Crippen LogP contribution is 2.03. The Morgan fingerprint density at radius 2 is 1.07 bits per heavy atom. The molecule has 0 aromatic heterocycles. The topological polar surface area (TPSA) is 129 Å². The Morgan fingerprint density at radius 3 is 1.29 bits per heavy atom. The molecule has 0 atom stereocenters. The molecular weight excluding hydrogens is 180 g/mol. The summed E-state index contributed by atoms with van der Waals surface area (Å²) in [4.78, 5) is 0. The summed E-state index contributed by atoms with van der Waals surface area (Å²) < 4.78 is 0. The quantitative estimate of drug-likeness (QED) is 0.204. The van der Waals surface area contributed by atoms with E-state index in [1.165, 1.54) is 0 Å². The first-order valence-corrected chi connectivity index (χ1v) is 3.86. The molecule has 1 aromatic rings. The molecule has 1 aromatic carbocycles. The summed E-state index contributed by atoms with van der Waals surface area (Å²) in [6, 6.07) is 6.94. The number of amidine groups is 2. The van der Waals surface area contributed by atoms with Crippen molar-refractivity contribution in [1.82, 2.24) is 0 Å². The number of nitrogens with two attached hydrogens (primary N) is 4. The first kappa shape index (κ1) is 9.85. The number of nitrogens with zero attached hydrogens (tertiary/aromatic N) is 2. The Labute approximate surface area is 81.3 Å². The van der Waals surface area contributed by atoms with Gasteiger partial charge in [0.2, 0.25) is 0 Å². The van der Waals surface area contributed by atoms with E-state index in [0.717, 1.165) is 11.1 Å². The minimum Gasteiger partial charge on any atom is -0.382 e. The van der Waals surface area contributed by atoms with Gasteiger partial charge in [0, 0.05) is 11.1 Å². The van der Waals surface area contributed by atoms with E-state index in [1.54, 1.807) is 24.3 Å². The zero-order valence-corrected chi connectivity index (χ0v) is 7.51. The van der Waals surface area contributed by atoms with Crippen LogP contribution in [-0.2, 0) is 0 Å². The summed E-state index contributed by atoms with van der Waals surface area (Å²) in [6.07, 6.45) is 0. The zero-order chi connectivity index (χ0) is 10.6. The highest BCUT2D eigenvalue weighted by Gasteiger charge is 2.00. The second kappa shape index (κ2) is 4.13. The van der Waals surface area contributed by atoms with E-state index < -0.39 is 0 Å². The Morgan fingerprint density at radius 1 is 0.786 bits per heavy atom. The van der Waals surface area contributed by atoms with Crippen LogP contribution in [0.1, 0.15) is 11.1 Å². The number of rotatable bonds is 2. The minimum atomic E-state index is 0.264. The molecule has 0 saturated carbocycles. The second-order valence-corrected chi connectivity index (χ2v) is 2.61. The first-order valence-electron chi connectivity index (χ1n) is 3.86. The molecule has 1 rings (SSSR count). The molecule has 6 nitrogen and oxygen atoms in total. The summed E-state index contributed by atoms with van der Waals surface area (Å²) in [7, 11) is 0. The van der Waals surface area contributed by atoms with Gasteiger partial charge in [0.25, 0.3) is 0 Å². The van der Waals surface area contributed by atoms with Crippen molar-refractivity contribution < 1.29 is 0 Å². The molecule has 0 spiro atoms. The van der Waals surface area contributed by atoms with Gasteiger partial charge in [-0.15, -0.1) is 0 Å². The maximum Gasteiger partial charge on any atom is 0.150 e. The fourth-order valence-corrected chi connectivity index (χ4v) is 0.961. The van der Waals surface area contributed by atoms with Crippen LogP contribution in [0, 0.1) is 0 Å². The van der Waals surface area contributed by atoms with E-state index in [-0.39, 0.29) is 11.7 Å². The van der Waals surface area contributed by atoms with Crippen molar-refractivity contribution in [2.24, 2.45) is 33.4 Å². The molecule has 0 bridgehead atoms. The van der Waals surface area contributed by atoms with E-state index in [1.807, 2.05) is 0 Å². The van der Waals surface area contributed by atoms with Crippen LogP contribution in [0.3, 0.4) is 0 Å². The van der Waals surface area contributed by atoms with Gasteiger partial charge in [0.1, 0.15) is 11.7 Å². The van der Waals surface area contributed by atoms with Gasteiger partial charge < -0.3 is 23.2 Å². The minimum absolute atomic E-state index is 0.264. The lowest BCUT2D eigenvalue weighted by Crippen LogP contribution is -2.17. The standard InChI is InChI=1S/C8H12N6/c9-7(13-11)5-1-2-6(4-3-5)8(10)14-12/h1-4H,11-12H2,(H2,9,13)(H2,10,14). The highest BCUT2D eigenvalue weighted by atomic mass is 15.2. The highest BCUT2D eigenvalue weighted by molar-refractivity contribution is 6.00. The van der Waals surface area contributed by atoms with Gasteiger partial charge in [0.05, 0.1) is 0 Å². The largest absolute Gasteiger partial charge is 0.382 e. The normalized spacial score (nSPS) is 12.9. The lowest BCUT2D eigenvalue weighted by atomic mass is 10.1. The van der Waals surface area contributed by atoms with Crippen LogP contribution in [0.2, 0.25) is 0 Å². The molecule has 6 heteroatoms. The molecule has 0 fully saturated rings. The van der Waals surface area contributed by atoms with Gasteiger partial charge in [-0.2, -0.15) is 10.2 Å². The van der Waals surface area contributed by atoms with Gasteiger partial charge in [-0.1, -0.05) is 24.3 Å². The van der Waals surface area contributed by atoms with E-state index in [2.05, 4.69) is 10.2 Å². The van der Waals surface area contributed by atoms with Gasteiger partial charge >= 0.3 is 0 Å². The molecule has 0 amide bonds. The number of hydrogen-bond donors (Lipinski definition) is 4. The Balaban J connectivity index is 3.01. The summed E-state index contributed by atoms with van der Waals surface area (Å²) in [5, 5.41) is 6.72. The number of hydrazone groups is 2.